The van der Waals surface area contributed by atoms with Gasteiger partial charge in [-0.1, -0.05) is 17.7 Å². The van der Waals surface area contributed by atoms with E-state index in [-0.39, 0.29) is 12.5 Å². The van der Waals surface area contributed by atoms with E-state index in [2.05, 4.69) is 31.2 Å². The second kappa shape index (κ2) is 8.64. The van der Waals surface area contributed by atoms with Crippen LogP contribution in [0.1, 0.15) is 0 Å². The lowest BCUT2D eigenvalue weighted by Crippen LogP contribution is -2.20. The molecule has 0 atom stereocenters. The van der Waals surface area contributed by atoms with Crippen molar-refractivity contribution in [2.75, 3.05) is 11.9 Å². The van der Waals surface area contributed by atoms with E-state index in [1.165, 1.54) is 12.4 Å². The molecule has 0 aliphatic rings. The van der Waals surface area contributed by atoms with Gasteiger partial charge >= 0.3 is 0 Å². The third-order valence-electron chi connectivity index (χ3n) is 3.13. The molecule has 0 spiro atoms. The molecule has 0 aliphatic carbocycles. The molecule has 0 fully saturated rings. The highest BCUT2D eigenvalue weighted by atomic mass is 79.9. The number of halogens is 2. The second-order valence-corrected chi connectivity index (χ2v) is 6.38. The Morgan fingerprint density at radius 1 is 1.19 bits per heavy atom. The SMILES string of the molecule is O=C(COc1ccc(Cl)cc1Br)Nc1cccc(Oc2cnccn2)c1. The van der Waals surface area contributed by atoms with E-state index >= 15 is 0 Å². The molecule has 132 valence electrons. The fourth-order valence-electron chi connectivity index (χ4n) is 2.03. The van der Waals surface area contributed by atoms with Gasteiger partial charge in [-0.15, -0.1) is 0 Å². The monoisotopic (exact) mass is 433 g/mol. The van der Waals surface area contributed by atoms with Crippen LogP contribution < -0.4 is 14.8 Å². The Hall–Kier alpha value is -2.64. The number of amides is 1. The molecular formula is C18H13BrClN3O3. The summed E-state index contributed by atoms with van der Waals surface area (Å²) in [7, 11) is 0. The van der Waals surface area contributed by atoms with Crippen LogP contribution >= 0.6 is 27.5 Å². The molecule has 0 bridgehead atoms. The van der Waals surface area contributed by atoms with E-state index in [4.69, 9.17) is 21.1 Å². The number of aromatic nitrogens is 2. The molecule has 0 saturated carbocycles. The summed E-state index contributed by atoms with van der Waals surface area (Å²) in [6.07, 6.45) is 4.60. The smallest absolute Gasteiger partial charge is 0.262 e. The number of hydrogen-bond donors (Lipinski definition) is 1. The summed E-state index contributed by atoms with van der Waals surface area (Å²) >= 11 is 9.21. The van der Waals surface area contributed by atoms with Gasteiger partial charge in [0.1, 0.15) is 11.5 Å². The number of rotatable bonds is 6. The van der Waals surface area contributed by atoms with Crippen molar-refractivity contribution in [1.82, 2.24) is 9.97 Å². The fraction of sp³-hybridized carbons (Fsp3) is 0.0556. The lowest BCUT2D eigenvalue weighted by atomic mass is 10.3. The zero-order valence-corrected chi connectivity index (χ0v) is 15.7. The Morgan fingerprint density at radius 3 is 2.85 bits per heavy atom. The fourth-order valence-corrected chi connectivity index (χ4v) is 2.83. The number of ether oxygens (including phenoxy) is 2. The lowest BCUT2D eigenvalue weighted by molar-refractivity contribution is -0.118. The van der Waals surface area contributed by atoms with Crippen LogP contribution in [0.3, 0.4) is 0 Å². The topological polar surface area (TPSA) is 73.3 Å². The largest absolute Gasteiger partial charge is 0.483 e. The minimum absolute atomic E-state index is 0.143. The molecule has 8 heteroatoms. The molecule has 26 heavy (non-hydrogen) atoms. The maximum atomic E-state index is 12.1. The summed E-state index contributed by atoms with van der Waals surface area (Å²) < 4.78 is 11.7. The minimum Gasteiger partial charge on any atom is -0.483 e. The van der Waals surface area contributed by atoms with Gasteiger partial charge in [0.05, 0.1) is 10.7 Å². The van der Waals surface area contributed by atoms with E-state index in [1.54, 1.807) is 48.7 Å². The third-order valence-corrected chi connectivity index (χ3v) is 3.99. The third kappa shape index (κ3) is 5.18. The van der Waals surface area contributed by atoms with Gasteiger partial charge in [-0.3, -0.25) is 9.78 Å². The average molecular weight is 435 g/mol. The minimum atomic E-state index is -0.302. The molecule has 1 N–H and O–H groups in total. The Morgan fingerprint density at radius 2 is 2.08 bits per heavy atom. The van der Waals surface area contributed by atoms with Crippen LogP contribution in [0.4, 0.5) is 5.69 Å². The van der Waals surface area contributed by atoms with Gasteiger partial charge in [0.25, 0.3) is 5.91 Å². The maximum Gasteiger partial charge on any atom is 0.262 e. The first-order chi connectivity index (χ1) is 12.6. The molecule has 3 aromatic rings. The Labute approximate surface area is 163 Å². The average Bonchev–Trinajstić information content (AvgIpc) is 2.62. The molecule has 1 amide bonds. The molecule has 3 rings (SSSR count). The number of nitrogens with one attached hydrogen (secondary N) is 1. The molecule has 0 unspecified atom stereocenters. The molecule has 0 saturated heterocycles. The van der Waals surface area contributed by atoms with Crippen molar-refractivity contribution in [2.24, 2.45) is 0 Å². The van der Waals surface area contributed by atoms with Crippen molar-refractivity contribution < 1.29 is 14.3 Å². The summed E-state index contributed by atoms with van der Waals surface area (Å²) in [4.78, 5) is 20.1. The number of anilines is 1. The molecular weight excluding hydrogens is 422 g/mol. The molecule has 1 heterocycles. The van der Waals surface area contributed by atoms with Crippen LogP contribution in [0.5, 0.6) is 17.4 Å². The van der Waals surface area contributed by atoms with Crippen LogP contribution in [-0.4, -0.2) is 22.5 Å². The van der Waals surface area contributed by atoms with Gasteiger partial charge in [0.15, 0.2) is 6.61 Å². The van der Waals surface area contributed by atoms with E-state index in [0.29, 0.717) is 32.6 Å². The van der Waals surface area contributed by atoms with Crippen LogP contribution in [0.2, 0.25) is 5.02 Å². The number of benzene rings is 2. The predicted molar refractivity (Wildman–Crippen MR) is 102 cm³/mol. The molecule has 1 aromatic heterocycles. The van der Waals surface area contributed by atoms with Crippen LogP contribution in [0.15, 0.2) is 65.5 Å². The predicted octanol–water partition coefficient (Wildman–Crippen LogP) is 4.70. The number of carbonyl (C=O) groups is 1. The summed E-state index contributed by atoms with van der Waals surface area (Å²) in [6, 6.07) is 12.0. The van der Waals surface area contributed by atoms with Gasteiger partial charge in [-0.2, -0.15) is 0 Å². The highest BCUT2D eigenvalue weighted by Crippen LogP contribution is 2.28. The highest BCUT2D eigenvalue weighted by Gasteiger charge is 2.08. The second-order valence-electron chi connectivity index (χ2n) is 5.09. The molecule has 2 aromatic carbocycles. The summed E-state index contributed by atoms with van der Waals surface area (Å²) in [5, 5.41) is 3.33. The Balaban J connectivity index is 1.58. The quantitative estimate of drug-likeness (QED) is 0.608. The lowest BCUT2D eigenvalue weighted by Gasteiger charge is -2.10. The summed E-state index contributed by atoms with van der Waals surface area (Å²) in [6.45, 7) is -0.143. The van der Waals surface area contributed by atoms with Crippen molar-refractivity contribution in [3.05, 3.63) is 70.6 Å². The van der Waals surface area contributed by atoms with Crippen LogP contribution in [0.25, 0.3) is 0 Å². The van der Waals surface area contributed by atoms with Crippen molar-refractivity contribution in [3.8, 4) is 17.4 Å². The highest BCUT2D eigenvalue weighted by molar-refractivity contribution is 9.10. The first-order valence-corrected chi connectivity index (χ1v) is 8.69. The first-order valence-electron chi connectivity index (χ1n) is 7.52. The van der Waals surface area contributed by atoms with Crippen molar-refractivity contribution in [1.29, 1.82) is 0 Å². The Bertz CT molecular complexity index is 909. The molecule has 6 nitrogen and oxygen atoms in total. The van der Waals surface area contributed by atoms with Crippen molar-refractivity contribution in [2.45, 2.75) is 0 Å². The zero-order chi connectivity index (χ0) is 18.4. The Kier molecular flexibility index (Phi) is 6.04. The van der Waals surface area contributed by atoms with E-state index in [0.717, 1.165) is 0 Å². The number of hydrogen-bond acceptors (Lipinski definition) is 5. The van der Waals surface area contributed by atoms with Crippen molar-refractivity contribution in [3.63, 3.8) is 0 Å². The van der Waals surface area contributed by atoms with Gasteiger partial charge < -0.3 is 14.8 Å². The van der Waals surface area contributed by atoms with Crippen molar-refractivity contribution >= 4 is 39.1 Å². The molecule has 0 radical (unpaired) electrons. The summed E-state index contributed by atoms with van der Waals surface area (Å²) in [5.41, 5.74) is 0.579. The zero-order valence-electron chi connectivity index (χ0n) is 13.4. The normalized spacial score (nSPS) is 10.2. The van der Waals surface area contributed by atoms with Crippen LogP contribution in [-0.2, 0) is 4.79 Å². The van der Waals surface area contributed by atoms with E-state index in [9.17, 15) is 4.79 Å². The standard InChI is InChI=1S/C18H13BrClN3O3/c19-15-8-12(20)4-5-16(15)25-11-17(24)23-13-2-1-3-14(9-13)26-18-10-21-6-7-22-18/h1-10H,11H2,(H,23,24). The van der Waals surface area contributed by atoms with E-state index < -0.39 is 0 Å². The first kappa shape index (κ1) is 18.2. The van der Waals surface area contributed by atoms with Crippen LogP contribution in [0, 0.1) is 0 Å². The van der Waals surface area contributed by atoms with Gasteiger partial charge in [0, 0.05) is 29.2 Å². The van der Waals surface area contributed by atoms with E-state index in [1.807, 2.05) is 0 Å². The summed E-state index contributed by atoms with van der Waals surface area (Å²) in [5.74, 6) is 1.13. The van der Waals surface area contributed by atoms with Gasteiger partial charge in [0.2, 0.25) is 5.88 Å². The maximum absolute atomic E-state index is 12.1. The van der Waals surface area contributed by atoms with Gasteiger partial charge in [-0.05, 0) is 46.3 Å². The van der Waals surface area contributed by atoms with Gasteiger partial charge in [-0.25, -0.2) is 4.98 Å². The molecule has 0 aliphatic heterocycles. The number of nitrogens with zero attached hydrogens (tertiary/aromatic N) is 2. The number of carbonyl (C=O) groups excluding carboxylic acids is 1.